The third-order valence-corrected chi connectivity index (χ3v) is 5.54. The lowest BCUT2D eigenvalue weighted by molar-refractivity contribution is -0.129. The zero-order valence-corrected chi connectivity index (χ0v) is 17.1. The van der Waals surface area contributed by atoms with Crippen LogP contribution in [0.2, 0.25) is 5.02 Å². The first-order valence-electron chi connectivity index (χ1n) is 9.68. The SMILES string of the molecule is CCc1cccc(N(C(=O)Nc2ccccc2Cl)C2CCN(C(C)=O)CC2)c1. The summed E-state index contributed by atoms with van der Waals surface area (Å²) in [6, 6.07) is 15.1. The highest BCUT2D eigenvalue weighted by Crippen LogP contribution is 2.27. The summed E-state index contributed by atoms with van der Waals surface area (Å²) >= 11 is 6.23. The van der Waals surface area contributed by atoms with Crippen molar-refractivity contribution >= 4 is 34.9 Å². The lowest BCUT2D eigenvalue weighted by atomic mass is 10.0. The molecule has 1 aliphatic rings. The van der Waals surface area contributed by atoms with E-state index in [-0.39, 0.29) is 18.0 Å². The number of hydrogen-bond acceptors (Lipinski definition) is 2. The van der Waals surface area contributed by atoms with Crippen LogP contribution in [0.5, 0.6) is 0 Å². The molecule has 1 N–H and O–H groups in total. The molecule has 1 aliphatic heterocycles. The van der Waals surface area contributed by atoms with Crippen molar-refractivity contribution in [3.63, 3.8) is 0 Å². The van der Waals surface area contributed by atoms with E-state index in [0.29, 0.717) is 23.8 Å². The second kappa shape index (κ2) is 9.11. The number of para-hydroxylation sites is 1. The quantitative estimate of drug-likeness (QED) is 0.790. The number of carbonyl (C=O) groups excluding carboxylic acids is 2. The lowest BCUT2D eigenvalue weighted by Crippen LogP contribution is -2.50. The zero-order chi connectivity index (χ0) is 20.1. The number of hydrogen-bond donors (Lipinski definition) is 1. The Labute approximate surface area is 171 Å². The molecule has 3 amide bonds. The van der Waals surface area contributed by atoms with Gasteiger partial charge in [0.05, 0.1) is 10.7 Å². The molecule has 1 fully saturated rings. The number of likely N-dealkylation sites (tertiary alicyclic amines) is 1. The standard InChI is InChI=1S/C22H26ClN3O2/c1-3-17-7-6-8-19(15-17)26(18-11-13-25(14-12-18)16(2)27)22(28)24-21-10-5-4-9-20(21)23/h4-10,15,18H,3,11-14H2,1-2H3,(H,24,28). The number of halogens is 1. The molecular formula is C22H26ClN3O2. The highest BCUT2D eigenvalue weighted by Gasteiger charge is 2.30. The summed E-state index contributed by atoms with van der Waals surface area (Å²) in [4.78, 5) is 28.6. The molecule has 1 heterocycles. The predicted octanol–water partition coefficient (Wildman–Crippen LogP) is 4.95. The average molecular weight is 400 g/mol. The fraction of sp³-hybridized carbons (Fsp3) is 0.364. The van der Waals surface area contributed by atoms with Gasteiger partial charge in [-0.05, 0) is 49.1 Å². The molecule has 0 bridgehead atoms. The third-order valence-electron chi connectivity index (χ3n) is 5.21. The van der Waals surface area contributed by atoms with Crippen molar-refractivity contribution in [1.82, 2.24) is 4.90 Å². The first kappa shape index (κ1) is 20.2. The molecule has 0 spiro atoms. The number of urea groups is 1. The highest BCUT2D eigenvalue weighted by atomic mass is 35.5. The summed E-state index contributed by atoms with van der Waals surface area (Å²) in [7, 11) is 0. The number of benzene rings is 2. The molecule has 6 heteroatoms. The summed E-state index contributed by atoms with van der Waals surface area (Å²) < 4.78 is 0. The molecule has 3 rings (SSSR count). The first-order chi connectivity index (χ1) is 13.5. The normalized spacial score (nSPS) is 14.6. The number of aryl methyl sites for hydroxylation is 1. The minimum Gasteiger partial charge on any atom is -0.343 e. The molecule has 0 radical (unpaired) electrons. The van der Waals surface area contributed by atoms with E-state index in [1.165, 1.54) is 5.56 Å². The van der Waals surface area contributed by atoms with Crippen molar-refractivity contribution in [3.8, 4) is 0 Å². The van der Waals surface area contributed by atoms with Gasteiger partial charge in [-0.15, -0.1) is 0 Å². The monoisotopic (exact) mass is 399 g/mol. The van der Waals surface area contributed by atoms with Crippen LogP contribution in [0.25, 0.3) is 0 Å². The molecular weight excluding hydrogens is 374 g/mol. The van der Waals surface area contributed by atoms with Crippen LogP contribution in [0.4, 0.5) is 16.2 Å². The van der Waals surface area contributed by atoms with Gasteiger partial charge in [0.15, 0.2) is 0 Å². The maximum absolute atomic E-state index is 13.3. The molecule has 2 aromatic rings. The van der Waals surface area contributed by atoms with Crippen molar-refractivity contribution in [3.05, 3.63) is 59.1 Å². The summed E-state index contributed by atoms with van der Waals surface area (Å²) in [5.41, 5.74) is 2.63. The van der Waals surface area contributed by atoms with Gasteiger partial charge in [0.25, 0.3) is 0 Å². The van der Waals surface area contributed by atoms with E-state index < -0.39 is 0 Å². The number of carbonyl (C=O) groups is 2. The van der Waals surface area contributed by atoms with E-state index in [1.54, 1.807) is 19.1 Å². The van der Waals surface area contributed by atoms with Gasteiger partial charge in [0.1, 0.15) is 0 Å². The van der Waals surface area contributed by atoms with Crippen molar-refractivity contribution in [1.29, 1.82) is 0 Å². The molecule has 0 aliphatic carbocycles. The average Bonchev–Trinajstić information content (AvgIpc) is 2.70. The summed E-state index contributed by atoms with van der Waals surface area (Å²) in [6.07, 6.45) is 2.38. The van der Waals surface area contributed by atoms with Gasteiger partial charge >= 0.3 is 6.03 Å². The number of piperidine rings is 1. The van der Waals surface area contributed by atoms with Gasteiger partial charge in [0, 0.05) is 31.7 Å². The number of nitrogens with one attached hydrogen (secondary N) is 1. The van der Waals surface area contributed by atoms with Gasteiger partial charge in [-0.3, -0.25) is 9.69 Å². The van der Waals surface area contributed by atoms with Crippen LogP contribution in [0, 0.1) is 0 Å². The fourth-order valence-electron chi connectivity index (χ4n) is 3.60. The topological polar surface area (TPSA) is 52.7 Å². The fourth-order valence-corrected chi connectivity index (χ4v) is 3.78. The van der Waals surface area contributed by atoms with Crippen LogP contribution in [0.15, 0.2) is 48.5 Å². The Kier molecular flexibility index (Phi) is 6.57. The van der Waals surface area contributed by atoms with Crippen molar-refractivity contribution < 1.29 is 9.59 Å². The predicted molar refractivity (Wildman–Crippen MR) is 114 cm³/mol. The van der Waals surface area contributed by atoms with Crippen LogP contribution < -0.4 is 10.2 Å². The third kappa shape index (κ3) is 4.65. The molecule has 28 heavy (non-hydrogen) atoms. The van der Waals surface area contributed by atoms with Crippen LogP contribution >= 0.6 is 11.6 Å². The maximum atomic E-state index is 13.3. The second-order valence-corrected chi connectivity index (χ2v) is 7.45. The van der Waals surface area contributed by atoms with Crippen LogP contribution in [0.1, 0.15) is 32.3 Å². The molecule has 0 saturated carbocycles. The zero-order valence-electron chi connectivity index (χ0n) is 16.3. The largest absolute Gasteiger partial charge is 0.343 e. The maximum Gasteiger partial charge on any atom is 0.326 e. The molecule has 1 saturated heterocycles. The van der Waals surface area contributed by atoms with E-state index in [9.17, 15) is 9.59 Å². The molecule has 2 aromatic carbocycles. The van der Waals surface area contributed by atoms with E-state index in [0.717, 1.165) is 24.9 Å². The Bertz CT molecular complexity index is 847. The summed E-state index contributed by atoms with van der Waals surface area (Å²) in [6.45, 7) is 5.00. The van der Waals surface area contributed by atoms with Gasteiger partial charge in [-0.25, -0.2) is 4.79 Å². The van der Waals surface area contributed by atoms with Gasteiger partial charge < -0.3 is 10.2 Å². The van der Waals surface area contributed by atoms with Gasteiger partial charge in [-0.1, -0.05) is 42.8 Å². The number of anilines is 2. The van der Waals surface area contributed by atoms with E-state index in [4.69, 9.17) is 11.6 Å². The van der Waals surface area contributed by atoms with Crippen LogP contribution in [-0.2, 0) is 11.2 Å². The lowest BCUT2D eigenvalue weighted by Gasteiger charge is -2.38. The smallest absolute Gasteiger partial charge is 0.326 e. The van der Waals surface area contributed by atoms with E-state index in [1.807, 2.05) is 34.1 Å². The highest BCUT2D eigenvalue weighted by molar-refractivity contribution is 6.33. The summed E-state index contributed by atoms with van der Waals surface area (Å²) in [5, 5.41) is 3.46. The van der Waals surface area contributed by atoms with Crippen LogP contribution in [0.3, 0.4) is 0 Å². The summed E-state index contributed by atoms with van der Waals surface area (Å²) in [5.74, 6) is 0.0819. The molecule has 148 valence electrons. The Morgan fingerprint density at radius 3 is 2.50 bits per heavy atom. The van der Waals surface area contributed by atoms with Crippen LogP contribution in [-0.4, -0.2) is 36.0 Å². The Balaban J connectivity index is 1.87. The Hall–Kier alpha value is -2.53. The first-order valence-corrected chi connectivity index (χ1v) is 10.1. The number of amides is 3. The van der Waals surface area contributed by atoms with Crippen molar-refractivity contribution in [2.45, 2.75) is 39.2 Å². The molecule has 0 aromatic heterocycles. The number of rotatable bonds is 4. The van der Waals surface area contributed by atoms with Gasteiger partial charge in [-0.2, -0.15) is 0 Å². The van der Waals surface area contributed by atoms with Crippen molar-refractivity contribution in [2.75, 3.05) is 23.3 Å². The van der Waals surface area contributed by atoms with Gasteiger partial charge in [0.2, 0.25) is 5.91 Å². The number of nitrogens with zero attached hydrogens (tertiary/aromatic N) is 2. The molecule has 5 nitrogen and oxygen atoms in total. The second-order valence-electron chi connectivity index (χ2n) is 7.04. The van der Waals surface area contributed by atoms with E-state index in [2.05, 4.69) is 24.4 Å². The Morgan fingerprint density at radius 2 is 1.86 bits per heavy atom. The van der Waals surface area contributed by atoms with Crippen molar-refractivity contribution in [2.24, 2.45) is 0 Å². The minimum absolute atomic E-state index is 0.0187. The molecule has 0 unspecified atom stereocenters. The Morgan fingerprint density at radius 1 is 1.14 bits per heavy atom. The molecule has 0 atom stereocenters. The van der Waals surface area contributed by atoms with E-state index >= 15 is 0 Å². The minimum atomic E-state index is -0.206.